The van der Waals surface area contributed by atoms with E-state index in [1.807, 2.05) is 6.07 Å². The maximum Gasteiger partial charge on any atom is 0.220 e. The fourth-order valence-corrected chi connectivity index (χ4v) is 1.59. The second-order valence-electron chi connectivity index (χ2n) is 3.21. The highest BCUT2D eigenvalue weighted by atomic mass is 19.1. The summed E-state index contributed by atoms with van der Waals surface area (Å²) in [7, 11) is 0. The van der Waals surface area contributed by atoms with E-state index in [9.17, 15) is 9.18 Å². The molecule has 1 aliphatic rings. The maximum absolute atomic E-state index is 12.8. The summed E-state index contributed by atoms with van der Waals surface area (Å²) in [5, 5.41) is 2.79. The van der Waals surface area contributed by atoms with Gasteiger partial charge in [-0.15, -0.1) is 0 Å². The molecule has 1 atom stereocenters. The van der Waals surface area contributed by atoms with Crippen LogP contribution >= 0.6 is 0 Å². The van der Waals surface area contributed by atoms with Crippen molar-refractivity contribution >= 4 is 5.91 Å². The summed E-state index contributed by atoms with van der Waals surface area (Å²) in [5.41, 5.74) is 0.853. The zero-order valence-corrected chi connectivity index (χ0v) is 7.09. The Morgan fingerprint density at radius 3 is 2.92 bits per heavy atom. The van der Waals surface area contributed by atoms with E-state index >= 15 is 0 Å². The van der Waals surface area contributed by atoms with Gasteiger partial charge < -0.3 is 5.32 Å². The van der Waals surface area contributed by atoms with Crippen LogP contribution < -0.4 is 5.32 Å². The van der Waals surface area contributed by atoms with Gasteiger partial charge in [0.25, 0.3) is 0 Å². The quantitative estimate of drug-likeness (QED) is 0.699. The molecule has 1 amide bonds. The van der Waals surface area contributed by atoms with Crippen molar-refractivity contribution in [1.82, 2.24) is 5.32 Å². The van der Waals surface area contributed by atoms with Crippen LogP contribution in [0.4, 0.5) is 4.39 Å². The lowest BCUT2D eigenvalue weighted by atomic mass is 10.1. The summed E-state index contributed by atoms with van der Waals surface area (Å²) in [4.78, 5) is 10.9. The molecule has 2 nitrogen and oxygen atoms in total. The lowest BCUT2D eigenvalue weighted by molar-refractivity contribution is -0.119. The smallest absolute Gasteiger partial charge is 0.220 e. The molecule has 1 saturated heterocycles. The van der Waals surface area contributed by atoms with E-state index in [2.05, 4.69) is 5.32 Å². The van der Waals surface area contributed by atoms with E-state index in [4.69, 9.17) is 0 Å². The number of carbonyl (C=O) groups is 1. The molecule has 1 fully saturated rings. The Morgan fingerprint density at radius 1 is 1.46 bits per heavy atom. The predicted octanol–water partition coefficient (Wildman–Crippen LogP) is 1.78. The lowest BCUT2D eigenvalue weighted by Gasteiger charge is -2.09. The van der Waals surface area contributed by atoms with Crippen LogP contribution in [0.25, 0.3) is 0 Å². The molecule has 1 N–H and O–H groups in total. The van der Waals surface area contributed by atoms with Crippen LogP contribution in [0.3, 0.4) is 0 Å². The molecule has 0 bridgehead atoms. The van der Waals surface area contributed by atoms with Crippen LogP contribution in [0.5, 0.6) is 0 Å². The summed E-state index contributed by atoms with van der Waals surface area (Å²) in [6.45, 7) is 0. The van der Waals surface area contributed by atoms with Crippen molar-refractivity contribution in [2.75, 3.05) is 0 Å². The van der Waals surface area contributed by atoms with Crippen molar-refractivity contribution in [3.05, 3.63) is 35.6 Å². The van der Waals surface area contributed by atoms with Crippen molar-refractivity contribution in [2.45, 2.75) is 18.9 Å². The van der Waals surface area contributed by atoms with Gasteiger partial charge >= 0.3 is 0 Å². The molecule has 1 aromatic carbocycles. The first-order chi connectivity index (χ1) is 6.25. The van der Waals surface area contributed by atoms with Crippen LogP contribution in [0.1, 0.15) is 24.4 Å². The third-order valence-corrected chi connectivity index (χ3v) is 2.25. The standard InChI is InChI=1S/C10H10FNO/c11-8-3-1-2-7(6-8)9-4-5-10(13)12-9/h1-3,6,9H,4-5H2,(H,12,13). The molecule has 1 aliphatic heterocycles. The van der Waals surface area contributed by atoms with Crippen molar-refractivity contribution in [3.63, 3.8) is 0 Å². The number of amides is 1. The zero-order chi connectivity index (χ0) is 9.26. The highest BCUT2D eigenvalue weighted by Crippen LogP contribution is 2.23. The number of rotatable bonds is 1. The lowest BCUT2D eigenvalue weighted by Crippen LogP contribution is -2.18. The van der Waals surface area contributed by atoms with Crippen LogP contribution in [0.15, 0.2) is 24.3 Å². The largest absolute Gasteiger partial charge is 0.349 e. The summed E-state index contributed by atoms with van der Waals surface area (Å²) < 4.78 is 12.8. The molecule has 68 valence electrons. The number of halogens is 1. The third-order valence-electron chi connectivity index (χ3n) is 2.25. The van der Waals surface area contributed by atoms with Gasteiger partial charge in [0.1, 0.15) is 5.82 Å². The molecule has 13 heavy (non-hydrogen) atoms. The van der Waals surface area contributed by atoms with Gasteiger partial charge in [0, 0.05) is 6.42 Å². The molecule has 0 saturated carbocycles. The number of hydrogen-bond donors (Lipinski definition) is 1. The van der Waals surface area contributed by atoms with Crippen molar-refractivity contribution in [2.24, 2.45) is 0 Å². The summed E-state index contributed by atoms with van der Waals surface area (Å²) >= 11 is 0. The van der Waals surface area contributed by atoms with Crippen LogP contribution in [-0.2, 0) is 4.79 Å². The van der Waals surface area contributed by atoms with Gasteiger partial charge in [0.2, 0.25) is 5.91 Å². The minimum atomic E-state index is -0.251. The molecule has 1 aromatic rings. The number of hydrogen-bond acceptors (Lipinski definition) is 1. The summed E-state index contributed by atoms with van der Waals surface area (Å²) in [6.07, 6.45) is 1.31. The van der Waals surface area contributed by atoms with Gasteiger partial charge in [-0.3, -0.25) is 4.79 Å². The van der Waals surface area contributed by atoms with Crippen molar-refractivity contribution < 1.29 is 9.18 Å². The van der Waals surface area contributed by atoms with Crippen LogP contribution in [-0.4, -0.2) is 5.91 Å². The maximum atomic E-state index is 12.8. The average Bonchev–Trinajstić information content (AvgIpc) is 2.52. The van der Waals surface area contributed by atoms with Crippen molar-refractivity contribution in [1.29, 1.82) is 0 Å². The number of nitrogens with one attached hydrogen (secondary N) is 1. The molecule has 0 radical (unpaired) electrons. The molecule has 3 heteroatoms. The Morgan fingerprint density at radius 2 is 2.31 bits per heavy atom. The third kappa shape index (κ3) is 1.69. The number of benzene rings is 1. The first-order valence-corrected chi connectivity index (χ1v) is 4.30. The average molecular weight is 179 g/mol. The predicted molar refractivity (Wildman–Crippen MR) is 46.5 cm³/mol. The SMILES string of the molecule is O=C1CCC(c2cccc(F)c2)N1. The van der Waals surface area contributed by atoms with Gasteiger partial charge in [-0.25, -0.2) is 4.39 Å². The Hall–Kier alpha value is -1.38. The highest BCUT2D eigenvalue weighted by molar-refractivity contribution is 5.78. The fourth-order valence-electron chi connectivity index (χ4n) is 1.59. The zero-order valence-electron chi connectivity index (χ0n) is 7.09. The van der Waals surface area contributed by atoms with E-state index in [0.29, 0.717) is 6.42 Å². The van der Waals surface area contributed by atoms with E-state index in [1.54, 1.807) is 6.07 Å². The molecular formula is C10H10FNO. The van der Waals surface area contributed by atoms with Gasteiger partial charge in [-0.05, 0) is 24.1 Å². The molecule has 0 spiro atoms. The normalized spacial score (nSPS) is 21.6. The second kappa shape index (κ2) is 3.17. The van der Waals surface area contributed by atoms with Gasteiger partial charge in [0.15, 0.2) is 0 Å². The minimum absolute atomic E-state index is 0.00296. The number of carbonyl (C=O) groups excluding carboxylic acids is 1. The first kappa shape index (κ1) is 8.23. The molecule has 0 aliphatic carbocycles. The molecule has 0 aromatic heterocycles. The Labute approximate surface area is 75.8 Å². The van der Waals surface area contributed by atoms with Gasteiger partial charge in [0.05, 0.1) is 6.04 Å². The van der Waals surface area contributed by atoms with Gasteiger partial charge in [-0.2, -0.15) is 0 Å². The first-order valence-electron chi connectivity index (χ1n) is 4.30. The van der Waals surface area contributed by atoms with Crippen LogP contribution in [0, 0.1) is 5.82 Å². The van der Waals surface area contributed by atoms with E-state index in [0.717, 1.165) is 12.0 Å². The van der Waals surface area contributed by atoms with E-state index in [-0.39, 0.29) is 17.8 Å². The Balaban J connectivity index is 2.21. The molecule has 1 unspecified atom stereocenters. The summed E-state index contributed by atoms with van der Waals surface area (Å²) in [5.74, 6) is -0.201. The van der Waals surface area contributed by atoms with E-state index in [1.165, 1.54) is 12.1 Å². The molecular weight excluding hydrogens is 169 g/mol. The Kier molecular flexibility index (Phi) is 2.00. The van der Waals surface area contributed by atoms with Gasteiger partial charge in [-0.1, -0.05) is 12.1 Å². The minimum Gasteiger partial charge on any atom is -0.349 e. The highest BCUT2D eigenvalue weighted by Gasteiger charge is 2.21. The van der Waals surface area contributed by atoms with Crippen molar-refractivity contribution in [3.8, 4) is 0 Å². The summed E-state index contributed by atoms with van der Waals surface area (Å²) in [6, 6.07) is 6.37. The monoisotopic (exact) mass is 179 g/mol. The van der Waals surface area contributed by atoms with E-state index < -0.39 is 0 Å². The second-order valence-corrected chi connectivity index (χ2v) is 3.21. The van der Waals surface area contributed by atoms with Crippen LogP contribution in [0.2, 0.25) is 0 Å². The molecule has 1 heterocycles. The fraction of sp³-hybridized carbons (Fsp3) is 0.300. The topological polar surface area (TPSA) is 29.1 Å². The molecule has 2 rings (SSSR count). The Bertz CT molecular complexity index is 337.